The molecule has 0 fully saturated rings. The van der Waals surface area contributed by atoms with Crippen molar-refractivity contribution in [3.8, 4) is 0 Å². The highest BCUT2D eigenvalue weighted by Crippen LogP contribution is 2.17. The third-order valence-corrected chi connectivity index (χ3v) is 3.02. The number of nitrogen functional groups attached to an aromatic ring is 1. The lowest BCUT2D eigenvalue weighted by Crippen LogP contribution is -2.09. The minimum Gasteiger partial charge on any atom is -0.464 e. The van der Waals surface area contributed by atoms with Crippen molar-refractivity contribution in [2.75, 3.05) is 12.8 Å². The number of nitrogens with two attached hydrogens (primary N) is 1. The number of ether oxygens (including phenoxy) is 1. The van der Waals surface area contributed by atoms with Crippen molar-refractivity contribution in [2.24, 2.45) is 0 Å². The second kappa shape index (κ2) is 4.54. The van der Waals surface area contributed by atoms with Gasteiger partial charge in [-0.3, -0.25) is 0 Å². The highest BCUT2D eigenvalue weighted by molar-refractivity contribution is 7.07. The lowest BCUT2D eigenvalue weighted by Gasteiger charge is -2.05. The standard InChI is InChI=1S/C10H12N4O2S/c1-6-13-8(10(15)16-2)9(11)14(6)3-7-4-17-5-12-7/h4-5H,3,11H2,1-2H3. The summed E-state index contributed by atoms with van der Waals surface area (Å²) in [7, 11) is 1.30. The Kier molecular flexibility index (Phi) is 3.10. The van der Waals surface area contributed by atoms with Crippen molar-refractivity contribution in [2.45, 2.75) is 13.5 Å². The molecule has 2 aromatic rings. The normalized spacial score (nSPS) is 10.5. The van der Waals surface area contributed by atoms with Crippen molar-refractivity contribution in [1.82, 2.24) is 14.5 Å². The average Bonchev–Trinajstić information content (AvgIpc) is 2.91. The zero-order valence-electron chi connectivity index (χ0n) is 9.51. The molecule has 0 bridgehead atoms. The molecule has 0 aliphatic carbocycles. The Bertz CT molecular complexity index is 533. The maximum Gasteiger partial charge on any atom is 0.360 e. The molecule has 2 aromatic heterocycles. The van der Waals surface area contributed by atoms with Gasteiger partial charge in [-0.15, -0.1) is 11.3 Å². The van der Waals surface area contributed by atoms with Crippen molar-refractivity contribution >= 4 is 23.1 Å². The Hall–Kier alpha value is -1.89. The van der Waals surface area contributed by atoms with E-state index in [1.807, 2.05) is 5.38 Å². The molecule has 0 unspecified atom stereocenters. The van der Waals surface area contributed by atoms with Crippen molar-refractivity contribution < 1.29 is 9.53 Å². The summed E-state index contributed by atoms with van der Waals surface area (Å²) < 4.78 is 6.35. The van der Waals surface area contributed by atoms with Gasteiger partial charge in [0, 0.05) is 5.38 Å². The Morgan fingerprint density at radius 1 is 1.65 bits per heavy atom. The van der Waals surface area contributed by atoms with Gasteiger partial charge in [0.05, 0.1) is 24.9 Å². The van der Waals surface area contributed by atoms with Crippen LogP contribution in [0.25, 0.3) is 0 Å². The van der Waals surface area contributed by atoms with Crippen LogP contribution in [-0.4, -0.2) is 27.6 Å². The van der Waals surface area contributed by atoms with Crippen LogP contribution in [0, 0.1) is 6.92 Å². The molecule has 0 amide bonds. The van der Waals surface area contributed by atoms with Crippen LogP contribution in [0.4, 0.5) is 5.82 Å². The molecule has 0 aliphatic rings. The summed E-state index contributed by atoms with van der Waals surface area (Å²) in [5, 5.41) is 1.93. The highest BCUT2D eigenvalue weighted by Gasteiger charge is 2.19. The SMILES string of the molecule is COC(=O)c1nc(C)n(Cc2cscn2)c1N. The number of anilines is 1. The molecule has 6 nitrogen and oxygen atoms in total. The van der Waals surface area contributed by atoms with Crippen LogP contribution < -0.4 is 5.73 Å². The number of carbonyl (C=O) groups is 1. The zero-order valence-corrected chi connectivity index (χ0v) is 10.3. The fraction of sp³-hybridized carbons (Fsp3) is 0.300. The number of esters is 1. The molecule has 17 heavy (non-hydrogen) atoms. The van der Waals surface area contributed by atoms with Gasteiger partial charge in [-0.2, -0.15) is 0 Å². The van der Waals surface area contributed by atoms with Gasteiger partial charge in [0.25, 0.3) is 0 Å². The van der Waals surface area contributed by atoms with Crippen LogP contribution in [0.15, 0.2) is 10.9 Å². The molecule has 0 spiro atoms. The van der Waals surface area contributed by atoms with E-state index in [-0.39, 0.29) is 5.69 Å². The fourth-order valence-electron chi connectivity index (χ4n) is 1.51. The molecular weight excluding hydrogens is 240 g/mol. The third-order valence-electron chi connectivity index (χ3n) is 2.38. The van der Waals surface area contributed by atoms with E-state index in [9.17, 15) is 4.79 Å². The van der Waals surface area contributed by atoms with Gasteiger partial charge in [-0.1, -0.05) is 0 Å². The van der Waals surface area contributed by atoms with Crippen LogP contribution in [0.1, 0.15) is 22.0 Å². The molecule has 0 aliphatic heterocycles. The van der Waals surface area contributed by atoms with E-state index >= 15 is 0 Å². The summed E-state index contributed by atoms with van der Waals surface area (Å²) in [6.45, 7) is 2.29. The van der Waals surface area contributed by atoms with Gasteiger partial charge >= 0.3 is 5.97 Å². The van der Waals surface area contributed by atoms with Gasteiger partial charge in [0.2, 0.25) is 0 Å². The number of hydrogen-bond acceptors (Lipinski definition) is 6. The average molecular weight is 252 g/mol. The van der Waals surface area contributed by atoms with Gasteiger partial charge in [-0.25, -0.2) is 14.8 Å². The van der Waals surface area contributed by atoms with Crippen molar-refractivity contribution in [3.63, 3.8) is 0 Å². The largest absolute Gasteiger partial charge is 0.464 e. The molecule has 2 N–H and O–H groups in total. The van der Waals surface area contributed by atoms with Crippen molar-refractivity contribution in [1.29, 1.82) is 0 Å². The first-order valence-electron chi connectivity index (χ1n) is 4.91. The van der Waals surface area contributed by atoms with Crippen LogP contribution in [0.2, 0.25) is 0 Å². The number of imidazole rings is 1. The van der Waals surface area contributed by atoms with E-state index in [1.54, 1.807) is 17.0 Å². The number of methoxy groups -OCH3 is 1. The van der Waals surface area contributed by atoms with Gasteiger partial charge < -0.3 is 15.0 Å². The Balaban J connectivity index is 2.35. The predicted octanol–water partition coefficient (Wildman–Crippen LogP) is 1.07. The van der Waals surface area contributed by atoms with E-state index < -0.39 is 5.97 Å². The monoisotopic (exact) mass is 252 g/mol. The maximum absolute atomic E-state index is 11.4. The number of thiazole rings is 1. The van der Waals surface area contributed by atoms with E-state index in [4.69, 9.17) is 5.73 Å². The maximum atomic E-state index is 11.4. The van der Waals surface area contributed by atoms with Gasteiger partial charge in [0.15, 0.2) is 5.69 Å². The molecule has 0 saturated heterocycles. The van der Waals surface area contributed by atoms with Gasteiger partial charge in [0.1, 0.15) is 11.6 Å². The Labute approximate surface area is 102 Å². The second-order valence-electron chi connectivity index (χ2n) is 3.45. The van der Waals surface area contributed by atoms with Crippen molar-refractivity contribution in [3.05, 3.63) is 28.1 Å². The summed E-state index contributed by atoms with van der Waals surface area (Å²) >= 11 is 1.51. The number of nitrogens with zero attached hydrogens (tertiary/aromatic N) is 3. The second-order valence-corrected chi connectivity index (χ2v) is 4.17. The van der Waals surface area contributed by atoms with Crippen LogP contribution in [0.5, 0.6) is 0 Å². The Morgan fingerprint density at radius 2 is 2.41 bits per heavy atom. The zero-order chi connectivity index (χ0) is 12.4. The molecule has 2 heterocycles. The topological polar surface area (TPSA) is 83.0 Å². The number of rotatable bonds is 3. The van der Waals surface area contributed by atoms with Crippen LogP contribution in [0.3, 0.4) is 0 Å². The smallest absolute Gasteiger partial charge is 0.360 e. The first-order chi connectivity index (χ1) is 8.13. The van der Waals surface area contributed by atoms with Gasteiger partial charge in [-0.05, 0) is 6.92 Å². The lowest BCUT2D eigenvalue weighted by atomic mass is 10.4. The minimum atomic E-state index is -0.525. The first kappa shape index (κ1) is 11.6. The molecular formula is C10H12N4O2S. The minimum absolute atomic E-state index is 0.153. The lowest BCUT2D eigenvalue weighted by molar-refractivity contribution is 0.0595. The molecule has 2 rings (SSSR count). The van der Waals surface area contributed by atoms with E-state index in [0.29, 0.717) is 18.2 Å². The number of aryl methyl sites for hydroxylation is 1. The van der Waals surface area contributed by atoms with E-state index in [0.717, 1.165) is 5.69 Å². The van der Waals surface area contributed by atoms with Crippen LogP contribution >= 0.6 is 11.3 Å². The summed E-state index contributed by atoms with van der Waals surface area (Å²) in [6.07, 6.45) is 0. The molecule has 0 radical (unpaired) electrons. The number of carbonyl (C=O) groups excluding carboxylic acids is 1. The number of aromatic nitrogens is 3. The first-order valence-corrected chi connectivity index (χ1v) is 5.85. The fourth-order valence-corrected chi connectivity index (χ4v) is 2.06. The quantitative estimate of drug-likeness (QED) is 0.826. The summed E-state index contributed by atoms with van der Waals surface area (Å²) in [4.78, 5) is 19.7. The molecule has 90 valence electrons. The molecule has 0 aromatic carbocycles. The molecule has 0 atom stereocenters. The van der Waals surface area contributed by atoms with Crippen LogP contribution in [-0.2, 0) is 11.3 Å². The summed E-state index contributed by atoms with van der Waals surface area (Å²) in [5.74, 6) is 0.445. The van der Waals surface area contributed by atoms with E-state index in [2.05, 4.69) is 14.7 Å². The van der Waals surface area contributed by atoms with E-state index in [1.165, 1.54) is 18.4 Å². The molecule has 7 heteroatoms. The summed E-state index contributed by atoms with van der Waals surface area (Å²) in [6, 6.07) is 0. The third kappa shape index (κ3) is 2.14. The Morgan fingerprint density at radius 3 is 3.00 bits per heavy atom. The highest BCUT2D eigenvalue weighted by atomic mass is 32.1. The predicted molar refractivity (Wildman–Crippen MR) is 63.9 cm³/mol. The number of hydrogen-bond donors (Lipinski definition) is 1. The molecule has 0 saturated carbocycles. The summed E-state index contributed by atoms with van der Waals surface area (Å²) in [5.41, 5.74) is 8.66.